The molecule has 0 aromatic carbocycles. The zero-order valence-electron chi connectivity index (χ0n) is 8.21. The molecule has 0 aromatic rings. The van der Waals surface area contributed by atoms with Gasteiger partial charge in [-0.25, -0.2) is 0 Å². The van der Waals surface area contributed by atoms with Crippen LogP contribution in [0.2, 0.25) is 0 Å². The predicted molar refractivity (Wildman–Crippen MR) is 49.0 cm³/mol. The third kappa shape index (κ3) is 3.55. The van der Waals surface area contributed by atoms with Crippen LogP contribution in [0.3, 0.4) is 0 Å². The van der Waals surface area contributed by atoms with Gasteiger partial charge in [0.1, 0.15) is 0 Å². The highest BCUT2D eigenvalue weighted by Gasteiger charge is 2.16. The van der Waals surface area contributed by atoms with E-state index in [9.17, 15) is 0 Å². The fraction of sp³-hybridized carbons (Fsp3) is 1.00. The summed E-state index contributed by atoms with van der Waals surface area (Å²) >= 11 is 0. The van der Waals surface area contributed by atoms with Gasteiger partial charge in [0.15, 0.2) is 6.29 Å². The van der Waals surface area contributed by atoms with Crippen LogP contribution in [0.25, 0.3) is 0 Å². The average molecular weight is 172 g/mol. The monoisotopic (exact) mass is 172 g/mol. The second kappa shape index (κ2) is 5.55. The molecule has 1 fully saturated rings. The first kappa shape index (κ1) is 10.0. The molecule has 0 amide bonds. The molecule has 0 bridgehead atoms. The van der Waals surface area contributed by atoms with Gasteiger partial charge in [-0.2, -0.15) is 0 Å². The molecule has 0 radical (unpaired) electrons. The first-order valence-electron chi connectivity index (χ1n) is 5.06. The fourth-order valence-electron chi connectivity index (χ4n) is 1.61. The number of hydrogen-bond donors (Lipinski definition) is 0. The zero-order valence-corrected chi connectivity index (χ0v) is 8.21. The van der Waals surface area contributed by atoms with Crippen molar-refractivity contribution in [3.8, 4) is 0 Å². The zero-order chi connectivity index (χ0) is 8.81. The molecule has 0 spiro atoms. The second-order valence-electron chi connectivity index (χ2n) is 3.65. The number of hydrogen-bond acceptors (Lipinski definition) is 2. The second-order valence-corrected chi connectivity index (χ2v) is 3.65. The molecule has 72 valence electrons. The van der Waals surface area contributed by atoms with E-state index in [0.29, 0.717) is 0 Å². The molecular formula is C10H20O2. The maximum Gasteiger partial charge on any atom is 0.157 e. The SMILES string of the molecule is CCCC(C)CC1OCCCO1. The molecule has 1 saturated heterocycles. The Hall–Kier alpha value is -0.0800. The molecule has 2 heteroatoms. The van der Waals surface area contributed by atoms with Crippen LogP contribution in [0.5, 0.6) is 0 Å². The van der Waals surface area contributed by atoms with Crippen LogP contribution < -0.4 is 0 Å². The largest absolute Gasteiger partial charge is 0.353 e. The lowest BCUT2D eigenvalue weighted by Gasteiger charge is -2.25. The maximum atomic E-state index is 5.47. The van der Waals surface area contributed by atoms with Crippen molar-refractivity contribution in [3.05, 3.63) is 0 Å². The van der Waals surface area contributed by atoms with Gasteiger partial charge in [-0.1, -0.05) is 26.7 Å². The summed E-state index contributed by atoms with van der Waals surface area (Å²) in [5.41, 5.74) is 0. The van der Waals surface area contributed by atoms with E-state index >= 15 is 0 Å². The van der Waals surface area contributed by atoms with Crippen molar-refractivity contribution in [2.24, 2.45) is 5.92 Å². The van der Waals surface area contributed by atoms with E-state index in [1.54, 1.807) is 0 Å². The average Bonchev–Trinajstić information content (AvgIpc) is 2.06. The summed E-state index contributed by atoms with van der Waals surface area (Å²) in [6.07, 6.45) is 4.74. The molecule has 0 aromatic heterocycles. The first-order valence-corrected chi connectivity index (χ1v) is 5.06. The van der Waals surface area contributed by atoms with Crippen molar-refractivity contribution in [1.29, 1.82) is 0 Å². The highest BCUT2D eigenvalue weighted by Crippen LogP contribution is 2.17. The van der Waals surface area contributed by atoms with Gasteiger partial charge in [0, 0.05) is 6.42 Å². The normalized spacial score (nSPS) is 22.5. The van der Waals surface area contributed by atoms with Crippen molar-refractivity contribution < 1.29 is 9.47 Å². The van der Waals surface area contributed by atoms with Gasteiger partial charge < -0.3 is 9.47 Å². The highest BCUT2D eigenvalue weighted by molar-refractivity contribution is 4.58. The minimum atomic E-state index is 0.0836. The van der Waals surface area contributed by atoms with Crippen LogP contribution >= 0.6 is 0 Å². The molecule has 12 heavy (non-hydrogen) atoms. The predicted octanol–water partition coefficient (Wildman–Crippen LogP) is 2.58. The van der Waals surface area contributed by atoms with E-state index in [-0.39, 0.29) is 6.29 Å². The highest BCUT2D eigenvalue weighted by atomic mass is 16.7. The molecule has 1 unspecified atom stereocenters. The Labute approximate surface area is 75.2 Å². The number of ether oxygens (including phenoxy) is 2. The van der Waals surface area contributed by atoms with Crippen LogP contribution in [0.1, 0.15) is 39.5 Å². The molecule has 0 saturated carbocycles. The quantitative estimate of drug-likeness (QED) is 0.649. The van der Waals surface area contributed by atoms with E-state index in [2.05, 4.69) is 13.8 Å². The van der Waals surface area contributed by atoms with Gasteiger partial charge >= 0.3 is 0 Å². The van der Waals surface area contributed by atoms with E-state index < -0.39 is 0 Å². The van der Waals surface area contributed by atoms with Gasteiger partial charge in [-0.05, 0) is 12.3 Å². The van der Waals surface area contributed by atoms with Crippen molar-refractivity contribution in [2.45, 2.75) is 45.8 Å². The smallest absolute Gasteiger partial charge is 0.157 e. The van der Waals surface area contributed by atoms with Crippen molar-refractivity contribution in [3.63, 3.8) is 0 Å². The van der Waals surface area contributed by atoms with E-state index in [1.807, 2.05) is 0 Å². The van der Waals surface area contributed by atoms with Gasteiger partial charge in [0.05, 0.1) is 13.2 Å². The molecule has 1 aliphatic heterocycles. The Kier molecular flexibility index (Phi) is 4.62. The maximum absolute atomic E-state index is 5.47. The van der Waals surface area contributed by atoms with Gasteiger partial charge in [-0.3, -0.25) is 0 Å². The van der Waals surface area contributed by atoms with Crippen LogP contribution in [0, 0.1) is 5.92 Å². The summed E-state index contributed by atoms with van der Waals surface area (Å²) in [4.78, 5) is 0. The third-order valence-corrected chi connectivity index (χ3v) is 2.27. The molecule has 2 nitrogen and oxygen atoms in total. The van der Waals surface area contributed by atoms with E-state index in [1.165, 1.54) is 12.8 Å². The lowest BCUT2D eigenvalue weighted by Crippen LogP contribution is -2.26. The first-order chi connectivity index (χ1) is 5.83. The third-order valence-electron chi connectivity index (χ3n) is 2.27. The summed E-state index contributed by atoms with van der Waals surface area (Å²) < 4.78 is 10.9. The van der Waals surface area contributed by atoms with Gasteiger partial charge in [0.2, 0.25) is 0 Å². The summed E-state index contributed by atoms with van der Waals surface area (Å²) in [5.74, 6) is 0.734. The van der Waals surface area contributed by atoms with Crippen LogP contribution in [-0.2, 0) is 9.47 Å². The summed E-state index contributed by atoms with van der Waals surface area (Å²) in [5, 5.41) is 0. The molecule has 0 N–H and O–H groups in total. The van der Waals surface area contributed by atoms with Crippen molar-refractivity contribution in [2.75, 3.05) is 13.2 Å². The fourth-order valence-corrected chi connectivity index (χ4v) is 1.61. The lowest BCUT2D eigenvalue weighted by molar-refractivity contribution is -0.186. The molecule has 0 aliphatic carbocycles. The summed E-state index contributed by atoms with van der Waals surface area (Å²) in [6.45, 7) is 6.25. The molecule has 1 rings (SSSR count). The molecular weight excluding hydrogens is 152 g/mol. The van der Waals surface area contributed by atoms with Crippen molar-refractivity contribution >= 4 is 0 Å². The van der Waals surface area contributed by atoms with E-state index in [0.717, 1.165) is 32.0 Å². The Bertz CT molecular complexity index is 108. The number of rotatable bonds is 4. The van der Waals surface area contributed by atoms with Crippen molar-refractivity contribution in [1.82, 2.24) is 0 Å². The van der Waals surface area contributed by atoms with Gasteiger partial charge in [0.25, 0.3) is 0 Å². The minimum absolute atomic E-state index is 0.0836. The standard InChI is InChI=1S/C10H20O2/c1-3-5-9(2)8-10-11-6-4-7-12-10/h9-10H,3-8H2,1-2H3. The summed E-state index contributed by atoms with van der Waals surface area (Å²) in [6, 6.07) is 0. The molecule has 1 aliphatic rings. The Morgan fingerprint density at radius 1 is 1.33 bits per heavy atom. The van der Waals surface area contributed by atoms with Crippen LogP contribution in [0.15, 0.2) is 0 Å². The van der Waals surface area contributed by atoms with E-state index in [4.69, 9.17) is 9.47 Å². The summed E-state index contributed by atoms with van der Waals surface area (Å²) in [7, 11) is 0. The Balaban J connectivity index is 2.11. The minimum Gasteiger partial charge on any atom is -0.353 e. The molecule has 1 heterocycles. The topological polar surface area (TPSA) is 18.5 Å². The van der Waals surface area contributed by atoms with Gasteiger partial charge in [-0.15, -0.1) is 0 Å². The molecule has 1 atom stereocenters. The Morgan fingerprint density at radius 2 is 2.00 bits per heavy atom. The lowest BCUT2D eigenvalue weighted by atomic mass is 10.0. The van der Waals surface area contributed by atoms with Crippen LogP contribution in [0.4, 0.5) is 0 Å². The Morgan fingerprint density at radius 3 is 2.58 bits per heavy atom. The van der Waals surface area contributed by atoms with Crippen LogP contribution in [-0.4, -0.2) is 19.5 Å².